The van der Waals surface area contributed by atoms with Crippen molar-refractivity contribution < 1.29 is 8.42 Å². The van der Waals surface area contributed by atoms with Crippen LogP contribution in [0.1, 0.15) is 36.6 Å². The van der Waals surface area contributed by atoms with Gasteiger partial charge in [-0.3, -0.25) is 9.73 Å². The number of nitrogens with zero attached hydrogens (tertiary/aromatic N) is 1. The molecule has 1 aliphatic heterocycles. The number of para-hydroxylation sites is 1. The Bertz CT molecular complexity index is 833. The molecule has 1 saturated heterocycles. The van der Waals surface area contributed by atoms with E-state index in [9.17, 15) is 8.42 Å². The van der Waals surface area contributed by atoms with Crippen LogP contribution in [-0.2, 0) is 10.0 Å². The maximum Gasteiger partial charge on any atom is 0.265 e. The molecule has 2 heterocycles. The van der Waals surface area contributed by atoms with Gasteiger partial charge in [-0.05, 0) is 44.9 Å². The largest absolute Gasteiger partial charge is 0.267 e. The highest BCUT2D eigenvalue weighted by Crippen LogP contribution is 2.37. The molecule has 0 bridgehead atoms. The average Bonchev–Trinajstić information content (AvgIpc) is 3.13. The SMILES string of the molecule is CCN(c1ccccc1)S(=O)(=O)c1cc(C2NNC(C)C2C)sc1C. The van der Waals surface area contributed by atoms with Crippen molar-refractivity contribution in [2.75, 3.05) is 10.8 Å². The van der Waals surface area contributed by atoms with Crippen LogP contribution in [0.4, 0.5) is 5.69 Å². The number of hydrogen-bond donors (Lipinski definition) is 2. The van der Waals surface area contributed by atoms with Gasteiger partial charge in [-0.25, -0.2) is 13.8 Å². The first kappa shape index (κ1) is 18.4. The van der Waals surface area contributed by atoms with Crippen LogP contribution >= 0.6 is 11.3 Å². The zero-order chi connectivity index (χ0) is 18.2. The number of anilines is 1. The second-order valence-corrected chi connectivity index (χ2v) is 9.61. The van der Waals surface area contributed by atoms with E-state index in [0.717, 1.165) is 9.75 Å². The molecule has 1 aromatic carbocycles. The number of rotatable bonds is 5. The molecule has 0 amide bonds. The highest BCUT2D eigenvalue weighted by Gasteiger charge is 2.34. The molecule has 0 radical (unpaired) electrons. The summed E-state index contributed by atoms with van der Waals surface area (Å²) >= 11 is 1.56. The summed E-state index contributed by atoms with van der Waals surface area (Å²) in [5.74, 6) is 0.394. The first-order valence-electron chi connectivity index (χ1n) is 8.55. The summed E-state index contributed by atoms with van der Waals surface area (Å²) in [6, 6.07) is 11.6. The predicted molar refractivity (Wildman–Crippen MR) is 103 cm³/mol. The average molecular weight is 380 g/mol. The van der Waals surface area contributed by atoms with Crippen LogP contribution < -0.4 is 15.2 Å². The minimum Gasteiger partial charge on any atom is -0.267 e. The molecule has 2 N–H and O–H groups in total. The number of sulfonamides is 1. The van der Waals surface area contributed by atoms with Gasteiger partial charge in [0, 0.05) is 22.3 Å². The third-order valence-corrected chi connectivity index (χ3v) is 8.17. The molecule has 0 aliphatic carbocycles. The van der Waals surface area contributed by atoms with E-state index >= 15 is 0 Å². The second kappa shape index (κ2) is 7.07. The molecular formula is C18H25N3O2S2. The Morgan fingerprint density at radius 2 is 1.84 bits per heavy atom. The van der Waals surface area contributed by atoms with Gasteiger partial charge in [0.2, 0.25) is 0 Å². The standard InChI is InChI=1S/C18H25N3O2S2/c1-5-21(15-9-7-6-8-10-15)25(22,23)17-11-16(24-14(17)4)18-12(2)13(3)19-20-18/h6-13,18-20H,5H2,1-4H3. The number of hydrogen-bond acceptors (Lipinski definition) is 5. The Kier molecular flexibility index (Phi) is 5.20. The van der Waals surface area contributed by atoms with Crippen LogP contribution in [0.5, 0.6) is 0 Å². The van der Waals surface area contributed by atoms with Crippen molar-refractivity contribution in [3.63, 3.8) is 0 Å². The Labute approximate surface area is 154 Å². The van der Waals surface area contributed by atoms with Crippen molar-refractivity contribution in [2.24, 2.45) is 5.92 Å². The molecule has 2 aromatic rings. The Morgan fingerprint density at radius 1 is 1.16 bits per heavy atom. The Hall–Kier alpha value is -1.41. The van der Waals surface area contributed by atoms with E-state index in [1.54, 1.807) is 11.3 Å². The molecule has 1 fully saturated rings. The van der Waals surface area contributed by atoms with Crippen LogP contribution in [0.3, 0.4) is 0 Å². The van der Waals surface area contributed by atoms with Crippen LogP contribution in [0.25, 0.3) is 0 Å². The summed E-state index contributed by atoms with van der Waals surface area (Å²) in [4.78, 5) is 2.30. The van der Waals surface area contributed by atoms with E-state index in [4.69, 9.17) is 0 Å². The highest BCUT2D eigenvalue weighted by atomic mass is 32.2. The summed E-state index contributed by atoms with van der Waals surface area (Å²) in [7, 11) is -3.58. The van der Waals surface area contributed by atoms with E-state index in [0.29, 0.717) is 29.1 Å². The van der Waals surface area contributed by atoms with Crippen LogP contribution in [0.2, 0.25) is 0 Å². The summed E-state index contributed by atoms with van der Waals surface area (Å²) in [6.45, 7) is 8.45. The first-order valence-corrected chi connectivity index (χ1v) is 10.8. The van der Waals surface area contributed by atoms with Crippen molar-refractivity contribution in [3.8, 4) is 0 Å². The fourth-order valence-electron chi connectivity index (χ4n) is 3.20. The topological polar surface area (TPSA) is 61.4 Å². The van der Waals surface area contributed by atoms with Crippen molar-refractivity contribution >= 4 is 27.0 Å². The monoisotopic (exact) mass is 379 g/mol. The van der Waals surface area contributed by atoms with Crippen LogP contribution in [-0.4, -0.2) is 21.0 Å². The van der Waals surface area contributed by atoms with Gasteiger partial charge >= 0.3 is 0 Å². The smallest absolute Gasteiger partial charge is 0.265 e. The van der Waals surface area contributed by atoms with Gasteiger partial charge in [-0.2, -0.15) is 0 Å². The number of aryl methyl sites for hydroxylation is 1. The normalized spacial score (nSPS) is 23.8. The molecule has 1 aromatic heterocycles. The Morgan fingerprint density at radius 3 is 2.40 bits per heavy atom. The second-order valence-electron chi connectivity index (χ2n) is 6.49. The molecule has 7 heteroatoms. The number of thiophene rings is 1. The van der Waals surface area contributed by atoms with E-state index in [1.807, 2.05) is 50.2 Å². The van der Waals surface area contributed by atoms with Gasteiger partial charge in [0.05, 0.1) is 11.7 Å². The summed E-state index contributed by atoms with van der Waals surface area (Å²) in [5, 5.41) is 0. The molecule has 3 atom stereocenters. The third kappa shape index (κ3) is 3.33. The van der Waals surface area contributed by atoms with Crippen molar-refractivity contribution in [1.29, 1.82) is 0 Å². The molecule has 136 valence electrons. The highest BCUT2D eigenvalue weighted by molar-refractivity contribution is 7.93. The van der Waals surface area contributed by atoms with Crippen LogP contribution in [0, 0.1) is 12.8 Å². The van der Waals surface area contributed by atoms with E-state index in [-0.39, 0.29) is 6.04 Å². The van der Waals surface area contributed by atoms with Crippen molar-refractivity contribution in [2.45, 2.75) is 44.7 Å². The van der Waals surface area contributed by atoms with Gasteiger partial charge in [0.15, 0.2) is 0 Å². The van der Waals surface area contributed by atoms with E-state index in [2.05, 4.69) is 24.7 Å². The molecule has 0 spiro atoms. The van der Waals surface area contributed by atoms with E-state index in [1.165, 1.54) is 4.31 Å². The van der Waals surface area contributed by atoms with E-state index < -0.39 is 10.0 Å². The zero-order valence-electron chi connectivity index (χ0n) is 15.0. The van der Waals surface area contributed by atoms with Crippen molar-refractivity contribution in [3.05, 3.63) is 46.2 Å². The number of hydrazine groups is 1. The van der Waals surface area contributed by atoms with Crippen LogP contribution in [0.15, 0.2) is 41.3 Å². The molecule has 3 rings (SSSR count). The lowest BCUT2D eigenvalue weighted by atomic mass is 9.97. The lowest BCUT2D eigenvalue weighted by Crippen LogP contribution is -2.31. The molecule has 5 nitrogen and oxygen atoms in total. The molecule has 25 heavy (non-hydrogen) atoms. The predicted octanol–water partition coefficient (Wildman–Crippen LogP) is 3.45. The lowest BCUT2D eigenvalue weighted by Gasteiger charge is -2.22. The van der Waals surface area contributed by atoms with Gasteiger partial charge in [-0.1, -0.05) is 25.1 Å². The Balaban J connectivity index is 1.98. The molecular weight excluding hydrogens is 354 g/mol. The fraction of sp³-hybridized carbons (Fsp3) is 0.444. The summed E-state index contributed by atoms with van der Waals surface area (Å²) in [6.07, 6.45) is 0. The minimum atomic E-state index is -3.58. The summed E-state index contributed by atoms with van der Waals surface area (Å²) < 4.78 is 28.0. The van der Waals surface area contributed by atoms with Crippen molar-refractivity contribution in [1.82, 2.24) is 10.9 Å². The maximum atomic E-state index is 13.3. The first-order chi connectivity index (χ1) is 11.9. The number of nitrogens with one attached hydrogen (secondary N) is 2. The summed E-state index contributed by atoms with van der Waals surface area (Å²) in [5.41, 5.74) is 7.23. The molecule has 1 aliphatic rings. The zero-order valence-corrected chi connectivity index (χ0v) is 16.6. The van der Waals surface area contributed by atoms with Gasteiger partial charge < -0.3 is 0 Å². The molecule has 3 unspecified atom stereocenters. The van der Waals surface area contributed by atoms with Gasteiger partial charge in [0.1, 0.15) is 4.90 Å². The third-order valence-electron chi connectivity index (χ3n) is 4.88. The maximum absolute atomic E-state index is 13.3. The minimum absolute atomic E-state index is 0.134. The molecule has 0 saturated carbocycles. The number of benzene rings is 1. The van der Waals surface area contributed by atoms with Gasteiger partial charge in [0.25, 0.3) is 10.0 Å². The quantitative estimate of drug-likeness (QED) is 0.835. The lowest BCUT2D eigenvalue weighted by molar-refractivity contribution is 0.480. The van der Waals surface area contributed by atoms with Gasteiger partial charge in [-0.15, -0.1) is 11.3 Å². The fourth-order valence-corrected chi connectivity index (χ4v) is 6.43.